The highest BCUT2D eigenvalue weighted by molar-refractivity contribution is 5.87. The standard InChI is InChI=1S/C15H17F2NO3/c1-2-3-4-5-15(20)18-9-11(19)10-21-12-6-7-13(16)14(17)8-12/h2-8,11,19H,9-10H2,1H3,(H,18,20). The van der Waals surface area contributed by atoms with E-state index in [1.54, 1.807) is 18.2 Å². The Balaban J connectivity index is 2.32. The Bertz CT molecular complexity index is 530. The molecule has 0 radical (unpaired) electrons. The molecule has 1 atom stereocenters. The van der Waals surface area contributed by atoms with Gasteiger partial charge in [-0.25, -0.2) is 8.78 Å². The van der Waals surface area contributed by atoms with Crippen molar-refractivity contribution in [2.75, 3.05) is 13.2 Å². The van der Waals surface area contributed by atoms with E-state index in [2.05, 4.69) is 5.32 Å². The SMILES string of the molecule is CC=CC=CC(=O)NCC(O)COc1ccc(F)c(F)c1. The van der Waals surface area contributed by atoms with Gasteiger partial charge in [0.05, 0.1) is 0 Å². The number of halogens is 2. The lowest BCUT2D eigenvalue weighted by Gasteiger charge is -2.12. The van der Waals surface area contributed by atoms with Crippen molar-refractivity contribution in [2.24, 2.45) is 0 Å². The molecule has 0 aliphatic carbocycles. The van der Waals surface area contributed by atoms with Gasteiger partial charge in [0.25, 0.3) is 0 Å². The lowest BCUT2D eigenvalue weighted by Crippen LogP contribution is -2.34. The van der Waals surface area contributed by atoms with Gasteiger partial charge in [-0.2, -0.15) is 0 Å². The first-order valence-corrected chi connectivity index (χ1v) is 6.36. The van der Waals surface area contributed by atoms with Crippen LogP contribution in [0.15, 0.2) is 42.5 Å². The molecule has 4 nitrogen and oxygen atoms in total. The fourth-order valence-corrected chi connectivity index (χ4v) is 1.35. The molecule has 1 rings (SSSR count). The largest absolute Gasteiger partial charge is 0.491 e. The van der Waals surface area contributed by atoms with Crippen LogP contribution in [0.2, 0.25) is 0 Å². The molecule has 1 amide bonds. The molecule has 0 saturated heterocycles. The molecule has 1 aromatic carbocycles. The molecule has 6 heteroatoms. The molecule has 1 unspecified atom stereocenters. The zero-order valence-electron chi connectivity index (χ0n) is 11.6. The number of carbonyl (C=O) groups is 1. The number of benzene rings is 1. The normalized spacial score (nSPS) is 12.8. The van der Waals surface area contributed by atoms with E-state index in [0.717, 1.165) is 12.1 Å². The molecule has 1 aromatic rings. The fourth-order valence-electron chi connectivity index (χ4n) is 1.35. The third kappa shape index (κ3) is 6.67. The number of allylic oxidation sites excluding steroid dienone is 3. The van der Waals surface area contributed by atoms with E-state index in [9.17, 15) is 18.7 Å². The number of nitrogens with one attached hydrogen (secondary N) is 1. The number of aliphatic hydroxyl groups excluding tert-OH is 1. The molecule has 0 heterocycles. The van der Waals surface area contributed by atoms with Crippen LogP contribution < -0.4 is 10.1 Å². The number of amides is 1. The fraction of sp³-hybridized carbons (Fsp3) is 0.267. The van der Waals surface area contributed by atoms with Crippen LogP contribution in [0, 0.1) is 11.6 Å². The van der Waals surface area contributed by atoms with Gasteiger partial charge in [0, 0.05) is 18.7 Å². The summed E-state index contributed by atoms with van der Waals surface area (Å²) in [4.78, 5) is 11.3. The average molecular weight is 297 g/mol. The van der Waals surface area contributed by atoms with Gasteiger partial charge in [-0.3, -0.25) is 4.79 Å². The molecule has 21 heavy (non-hydrogen) atoms. The zero-order chi connectivity index (χ0) is 15.7. The molecule has 2 N–H and O–H groups in total. The van der Waals surface area contributed by atoms with Crippen LogP contribution in [0.25, 0.3) is 0 Å². The quantitative estimate of drug-likeness (QED) is 0.597. The van der Waals surface area contributed by atoms with E-state index < -0.39 is 17.7 Å². The first kappa shape index (κ1) is 16.8. The number of hydrogen-bond acceptors (Lipinski definition) is 3. The third-order valence-corrected chi connectivity index (χ3v) is 2.40. The minimum Gasteiger partial charge on any atom is -0.491 e. The van der Waals surface area contributed by atoms with Crippen molar-refractivity contribution < 1.29 is 23.4 Å². The van der Waals surface area contributed by atoms with Gasteiger partial charge in [-0.05, 0) is 19.1 Å². The summed E-state index contributed by atoms with van der Waals surface area (Å²) in [7, 11) is 0. The average Bonchev–Trinajstić information content (AvgIpc) is 2.46. The van der Waals surface area contributed by atoms with E-state index >= 15 is 0 Å². The molecule has 0 bridgehead atoms. The van der Waals surface area contributed by atoms with Crippen LogP contribution in [0.1, 0.15) is 6.92 Å². The summed E-state index contributed by atoms with van der Waals surface area (Å²) in [5.41, 5.74) is 0. The van der Waals surface area contributed by atoms with Crippen molar-refractivity contribution in [1.82, 2.24) is 5.32 Å². The molecule has 0 aliphatic heterocycles. The van der Waals surface area contributed by atoms with Crippen molar-refractivity contribution in [3.05, 3.63) is 54.1 Å². The summed E-state index contributed by atoms with van der Waals surface area (Å²) in [5.74, 6) is -2.24. The van der Waals surface area contributed by atoms with Crippen molar-refractivity contribution in [3.8, 4) is 5.75 Å². The molecule has 0 aromatic heterocycles. The summed E-state index contributed by atoms with van der Waals surface area (Å²) in [6.07, 6.45) is 5.40. The smallest absolute Gasteiger partial charge is 0.244 e. The Labute approximate surface area is 121 Å². The van der Waals surface area contributed by atoms with Gasteiger partial charge in [0.15, 0.2) is 11.6 Å². The number of ether oxygens (including phenoxy) is 1. The second-order valence-electron chi connectivity index (χ2n) is 4.17. The van der Waals surface area contributed by atoms with Crippen LogP contribution in [0.5, 0.6) is 5.75 Å². The van der Waals surface area contributed by atoms with Crippen LogP contribution >= 0.6 is 0 Å². The van der Waals surface area contributed by atoms with Crippen molar-refractivity contribution in [3.63, 3.8) is 0 Å². The topological polar surface area (TPSA) is 58.6 Å². The lowest BCUT2D eigenvalue weighted by molar-refractivity contribution is -0.117. The summed E-state index contributed by atoms with van der Waals surface area (Å²) in [5, 5.41) is 12.1. The van der Waals surface area contributed by atoms with E-state index in [1.807, 2.05) is 6.92 Å². The second kappa shape index (κ2) is 8.86. The minimum atomic E-state index is -1.02. The van der Waals surface area contributed by atoms with Crippen LogP contribution in [0.3, 0.4) is 0 Å². The predicted octanol–water partition coefficient (Wildman–Crippen LogP) is 1.95. The summed E-state index contributed by atoms with van der Waals surface area (Å²) < 4.78 is 30.7. The predicted molar refractivity (Wildman–Crippen MR) is 74.8 cm³/mol. The third-order valence-electron chi connectivity index (χ3n) is 2.40. The van der Waals surface area contributed by atoms with Gasteiger partial charge in [-0.15, -0.1) is 0 Å². The van der Waals surface area contributed by atoms with Gasteiger partial charge < -0.3 is 15.2 Å². The Morgan fingerprint density at radius 2 is 2.14 bits per heavy atom. The van der Waals surface area contributed by atoms with Gasteiger partial charge in [-0.1, -0.05) is 18.2 Å². The van der Waals surface area contributed by atoms with Crippen LogP contribution in [-0.2, 0) is 4.79 Å². The molecule has 0 aliphatic rings. The number of rotatable bonds is 7. The highest BCUT2D eigenvalue weighted by Gasteiger charge is 2.08. The van der Waals surface area contributed by atoms with Crippen molar-refractivity contribution >= 4 is 5.91 Å². The maximum absolute atomic E-state index is 12.9. The van der Waals surface area contributed by atoms with Gasteiger partial charge in [0.2, 0.25) is 5.91 Å². The summed E-state index contributed by atoms with van der Waals surface area (Å²) in [6.45, 7) is 1.66. The highest BCUT2D eigenvalue weighted by atomic mass is 19.2. The van der Waals surface area contributed by atoms with E-state index in [0.29, 0.717) is 0 Å². The van der Waals surface area contributed by atoms with Crippen molar-refractivity contribution in [2.45, 2.75) is 13.0 Å². The van der Waals surface area contributed by atoms with E-state index in [4.69, 9.17) is 4.74 Å². The first-order valence-electron chi connectivity index (χ1n) is 6.36. The summed E-state index contributed by atoms with van der Waals surface area (Å²) >= 11 is 0. The Morgan fingerprint density at radius 1 is 1.38 bits per heavy atom. The first-order chi connectivity index (χ1) is 10.0. The molecule has 0 fully saturated rings. The van der Waals surface area contributed by atoms with Crippen molar-refractivity contribution in [1.29, 1.82) is 0 Å². The highest BCUT2D eigenvalue weighted by Crippen LogP contribution is 2.15. The second-order valence-corrected chi connectivity index (χ2v) is 4.17. The van der Waals surface area contributed by atoms with E-state index in [-0.39, 0.29) is 24.8 Å². The van der Waals surface area contributed by atoms with Crippen LogP contribution in [-0.4, -0.2) is 30.3 Å². The summed E-state index contributed by atoms with van der Waals surface area (Å²) in [6, 6.07) is 3.08. The Morgan fingerprint density at radius 3 is 2.81 bits per heavy atom. The number of hydrogen-bond donors (Lipinski definition) is 2. The number of carbonyl (C=O) groups excluding carboxylic acids is 1. The number of aliphatic hydroxyl groups is 1. The van der Waals surface area contributed by atoms with Crippen LogP contribution in [0.4, 0.5) is 8.78 Å². The molecule has 0 saturated carbocycles. The van der Waals surface area contributed by atoms with Gasteiger partial charge >= 0.3 is 0 Å². The molecule has 0 spiro atoms. The lowest BCUT2D eigenvalue weighted by atomic mass is 10.3. The Hall–Kier alpha value is -2.21. The Kier molecular flexibility index (Phi) is 7.11. The molecular weight excluding hydrogens is 280 g/mol. The monoisotopic (exact) mass is 297 g/mol. The van der Waals surface area contributed by atoms with E-state index in [1.165, 1.54) is 12.1 Å². The minimum absolute atomic E-state index is 0.0112. The maximum atomic E-state index is 12.9. The van der Waals surface area contributed by atoms with Gasteiger partial charge in [0.1, 0.15) is 18.5 Å². The molecule has 114 valence electrons. The molecular formula is C15H17F2NO3. The zero-order valence-corrected chi connectivity index (χ0v) is 11.6. The maximum Gasteiger partial charge on any atom is 0.244 e.